The number of fused-ring (bicyclic) bond motifs is 1. The molecule has 0 bridgehead atoms. The number of esters is 1. The molecule has 4 rings (SSSR count). The quantitative estimate of drug-likeness (QED) is 0.170. The number of nitrogens with one attached hydrogen (secondary N) is 2. The normalized spacial score (nSPS) is 29.6. The van der Waals surface area contributed by atoms with Gasteiger partial charge in [0.15, 0.2) is 11.8 Å². The number of aromatic amines is 1. The molecule has 1 saturated heterocycles. The predicted octanol–water partition coefficient (Wildman–Crippen LogP) is 0.942. The number of aliphatic hydroxyl groups is 2. The molecule has 0 radical (unpaired) electrons. The molecule has 2 heterocycles. The van der Waals surface area contributed by atoms with Crippen molar-refractivity contribution in [3.63, 3.8) is 0 Å². The monoisotopic (exact) mass is 579 g/mol. The van der Waals surface area contributed by atoms with Crippen LogP contribution < -0.4 is 20.9 Å². The molecule has 1 aromatic heterocycles. The molecule has 210 valence electrons. The zero-order valence-electron chi connectivity index (χ0n) is 21.5. The molecule has 1 aromatic carbocycles. The Morgan fingerprint density at radius 3 is 2.59 bits per heavy atom. The molecule has 4 unspecified atom stereocenters. The maximum atomic E-state index is 12.8. The molecule has 1 aliphatic heterocycles. The van der Waals surface area contributed by atoms with E-state index in [1.807, 2.05) is 11.9 Å². The Labute approximate surface area is 229 Å². The van der Waals surface area contributed by atoms with Gasteiger partial charge >= 0.3 is 18.3 Å². The van der Waals surface area contributed by atoms with E-state index in [-0.39, 0.29) is 6.10 Å². The summed E-state index contributed by atoms with van der Waals surface area (Å²) in [6, 6.07) is 8.66. The lowest BCUT2D eigenvalue weighted by Crippen LogP contribution is -2.52. The number of hydrogen-bond acceptors (Lipinski definition) is 10. The highest BCUT2D eigenvalue weighted by Crippen LogP contribution is 2.64. The van der Waals surface area contributed by atoms with Crippen molar-refractivity contribution < 1.29 is 33.5 Å². The maximum Gasteiger partial charge on any atom is 0.330 e. The molecule has 2 aromatic rings. The first-order valence-electron chi connectivity index (χ1n) is 12.3. The van der Waals surface area contributed by atoms with E-state index in [2.05, 4.69) is 11.0 Å². The fraction of sp³-hybridized carbons (Fsp3) is 0.480. The van der Waals surface area contributed by atoms with Gasteiger partial charge in [-0.2, -0.15) is 0 Å². The molecule has 7 atom stereocenters. The summed E-state index contributed by atoms with van der Waals surface area (Å²) in [6.45, 7) is 1.68. The van der Waals surface area contributed by atoms with E-state index in [1.54, 1.807) is 44.2 Å². The predicted molar refractivity (Wildman–Crippen MR) is 143 cm³/mol. The van der Waals surface area contributed by atoms with Crippen LogP contribution in [-0.4, -0.2) is 61.3 Å². The van der Waals surface area contributed by atoms with Crippen molar-refractivity contribution in [1.29, 1.82) is 0 Å². The summed E-state index contributed by atoms with van der Waals surface area (Å²) >= 11 is 5.77. The van der Waals surface area contributed by atoms with Crippen LogP contribution in [0.1, 0.15) is 39.8 Å². The SMILES string of the molecule is C#C[C@]1(O)[C@H](n2ccc(=O)[nH]c2=O)OC2C(OP(=S)(NC(CCC)C(=O)OC(C)C)Oc3ccccc3)[C@@]21O. The van der Waals surface area contributed by atoms with Gasteiger partial charge < -0.3 is 24.2 Å². The van der Waals surface area contributed by atoms with Crippen molar-refractivity contribution in [2.45, 2.75) is 75.4 Å². The molecule has 39 heavy (non-hydrogen) atoms. The van der Waals surface area contributed by atoms with Crippen LogP contribution in [0, 0.1) is 12.3 Å². The van der Waals surface area contributed by atoms with Crippen molar-refractivity contribution in [1.82, 2.24) is 14.6 Å². The molecule has 2 fully saturated rings. The van der Waals surface area contributed by atoms with Crippen molar-refractivity contribution in [2.75, 3.05) is 0 Å². The van der Waals surface area contributed by atoms with Gasteiger partial charge in [0.25, 0.3) is 5.56 Å². The highest BCUT2D eigenvalue weighted by Gasteiger charge is 2.85. The van der Waals surface area contributed by atoms with Crippen LogP contribution in [0.15, 0.2) is 52.2 Å². The average molecular weight is 580 g/mol. The first-order chi connectivity index (χ1) is 18.4. The summed E-state index contributed by atoms with van der Waals surface area (Å²) < 4.78 is 24.1. The second-order valence-electron chi connectivity index (χ2n) is 9.55. The van der Waals surface area contributed by atoms with Gasteiger partial charge in [-0.05, 0) is 44.2 Å². The van der Waals surface area contributed by atoms with E-state index in [0.29, 0.717) is 18.6 Å². The Hall–Kier alpha value is -2.82. The highest BCUT2D eigenvalue weighted by atomic mass is 32.5. The van der Waals surface area contributed by atoms with Gasteiger partial charge in [0.05, 0.1) is 6.10 Å². The number of carbonyl (C=O) groups excluding carboxylic acids is 1. The Morgan fingerprint density at radius 1 is 1.31 bits per heavy atom. The zero-order chi connectivity index (χ0) is 28.6. The lowest BCUT2D eigenvalue weighted by Gasteiger charge is -2.34. The average Bonchev–Trinajstić information content (AvgIpc) is 3.34. The zero-order valence-corrected chi connectivity index (χ0v) is 23.2. The molecular formula is C25H30N3O9PS. The first-order valence-corrected chi connectivity index (χ1v) is 14.9. The number of carbonyl (C=O) groups is 1. The second kappa shape index (κ2) is 11.0. The number of rotatable bonds is 11. The summed E-state index contributed by atoms with van der Waals surface area (Å²) in [5.74, 6) is 1.91. The van der Waals surface area contributed by atoms with E-state index in [1.165, 1.54) is 0 Å². The molecule has 0 amide bonds. The van der Waals surface area contributed by atoms with Crippen LogP contribution in [0.3, 0.4) is 0 Å². The van der Waals surface area contributed by atoms with Crippen LogP contribution in [-0.2, 0) is 30.6 Å². The molecule has 14 heteroatoms. The van der Waals surface area contributed by atoms with Crippen molar-refractivity contribution in [3.05, 3.63) is 63.4 Å². The smallest absolute Gasteiger partial charge is 0.330 e. The third-order valence-electron chi connectivity index (χ3n) is 6.35. The molecule has 4 N–H and O–H groups in total. The summed E-state index contributed by atoms with van der Waals surface area (Å²) in [4.78, 5) is 38.7. The van der Waals surface area contributed by atoms with Gasteiger partial charge in [0.1, 0.15) is 24.0 Å². The third kappa shape index (κ3) is 5.47. The number of nitrogens with zero attached hydrogens (tertiary/aromatic N) is 1. The van der Waals surface area contributed by atoms with E-state index in [9.17, 15) is 24.6 Å². The van der Waals surface area contributed by atoms with Crippen molar-refractivity contribution in [3.8, 4) is 18.1 Å². The molecule has 0 spiro atoms. The van der Waals surface area contributed by atoms with E-state index in [0.717, 1.165) is 16.8 Å². The van der Waals surface area contributed by atoms with E-state index in [4.69, 9.17) is 36.8 Å². The first kappa shape index (κ1) is 29.2. The summed E-state index contributed by atoms with van der Waals surface area (Å²) in [5.41, 5.74) is -6.19. The fourth-order valence-corrected chi connectivity index (χ4v) is 7.10. The van der Waals surface area contributed by atoms with Gasteiger partial charge in [0.2, 0.25) is 5.60 Å². The maximum absolute atomic E-state index is 12.8. The highest BCUT2D eigenvalue weighted by molar-refractivity contribution is 8.09. The molecular weight excluding hydrogens is 549 g/mol. The van der Waals surface area contributed by atoms with Gasteiger partial charge in [-0.15, -0.1) is 6.42 Å². The van der Waals surface area contributed by atoms with Gasteiger partial charge in [-0.3, -0.25) is 23.7 Å². The number of aromatic nitrogens is 2. The molecule has 2 aliphatic rings. The summed E-state index contributed by atoms with van der Waals surface area (Å²) in [7, 11) is 0. The Bertz CT molecular complexity index is 1420. The largest absolute Gasteiger partial charge is 0.462 e. The van der Waals surface area contributed by atoms with Crippen LogP contribution in [0.4, 0.5) is 0 Å². The number of terminal acetylenes is 1. The fourth-order valence-electron chi connectivity index (χ4n) is 4.44. The lowest BCUT2D eigenvalue weighted by molar-refractivity contribution is -0.149. The van der Waals surface area contributed by atoms with Crippen LogP contribution in [0.2, 0.25) is 0 Å². The summed E-state index contributed by atoms with van der Waals surface area (Å²) in [6.07, 6.45) is 3.29. The topological polar surface area (TPSA) is 161 Å². The van der Waals surface area contributed by atoms with E-state index >= 15 is 0 Å². The lowest BCUT2D eigenvalue weighted by atomic mass is 9.94. The number of hydrogen-bond donors (Lipinski definition) is 4. The number of ether oxygens (including phenoxy) is 2. The van der Waals surface area contributed by atoms with Crippen molar-refractivity contribution in [2.24, 2.45) is 0 Å². The Morgan fingerprint density at radius 2 is 2.00 bits per heavy atom. The molecule has 12 nitrogen and oxygen atoms in total. The Kier molecular flexibility index (Phi) is 8.21. The number of benzene rings is 1. The third-order valence-corrected chi connectivity index (χ3v) is 8.73. The standard InChI is InChI=1S/C25H30N3O9PS/c1-5-10-17(21(30)34-15(3)4)27-38(39,36-16-11-8-7-9-12-16)37-20-19-25(20,33)24(32,6-2)22(35-19)28-14-13-18(29)26-23(28)31/h2,7-9,11-15,17,19-20,22,32-33H,5,10H2,1,3-4H3,(H,27,39)(H,26,29,31)/t17?,19?,20?,22-,24+,25+,38?/m1/s1. The molecule has 1 aliphatic carbocycles. The number of para-hydroxylation sites is 1. The van der Waals surface area contributed by atoms with E-state index < -0.39 is 59.5 Å². The van der Waals surface area contributed by atoms with Gasteiger partial charge in [0, 0.05) is 12.3 Å². The van der Waals surface area contributed by atoms with Crippen LogP contribution >= 0.6 is 6.64 Å². The minimum absolute atomic E-state index is 0.337. The van der Waals surface area contributed by atoms with Gasteiger partial charge in [-0.1, -0.05) is 37.5 Å². The van der Waals surface area contributed by atoms with Crippen LogP contribution in [0.5, 0.6) is 5.75 Å². The molecule has 1 saturated carbocycles. The van der Waals surface area contributed by atoms with Crippen molar-refractivity contribution >= 4 is 24.4 Å². The minimum atomic E-state index is -3.64. The summed E-state index contributed by atoms with van der Waals surface area (Å²) in [5, 5.41) is 25.9. The van der Waals surface area contributed by atoms with Gasteiger partial charge in [-0.25, -0.2) is 9.88 Å². The Balaban J connectivity index is 1.64. The van der Waals surface area contributed by atoms with Crippen LogP contribution in [0.25, 0.3) is 0 Å². The minimum Gasteiger partial charge on any atom is -0.462 e. The second-order valence-corrected chi connectivity index (χ2v) is 12.6. The number of H-pyrrole nitrogens is 1.